The molecule has 2 atom stereocenters. The second-order valence-corrected chi connectivity index (χ2v) is 5.64. The molecule has 0 bridgehead atoms. The smallest absolute Gasteiger partial charge is 0.0171 e. The molecule has 0 aromatic rings. The molecule has 3 N–H and O–H groups in total. The van der Waals surface area contributed by atoms with E-state index in [9.17, 15) is 0 Å². The van der Waals surface area contributed by atoms with Gasteiger partial charge in [-0.2, -0.15) is 11.8 Å². The summed E-state index contributed by atoms with van der Waals surface area (Å²) in [6.45, 7) is 2.32. The highest BCUT2D eigenvalue weighted by molar-refractivity contribution is 8.00. The van der Waals surface area contributed by atoms with Gasteiger partial charge in [0.1, 0.15) is 0 Å². The topological polar surface area (TPSA) is 38.0 Å². The summed E-state index contributed by atoms with van der Waals surface area (Å²) in [7, 11) is 0. The van der Waals surface area contributed by atoms with Crippen molar-refractivity contribution in [3.8, 4) is 0 Å². The molecule has 3 heteroatoms. The molecule has 0 radical (unpaired) electrons. The predicted molar refractivity (Wildman–Crippen MR) is 54.5 cm³/mol. The van der Waals surface area contributed by atoms with Crippen molar-refractivity contribution in [1.82, 2.24) is 5.32 Å². The third-order valence-corrected chi connectivity index (χ3v) is 4.20. The van der Waals surface area contributed by atoms with Gasteiger partial charge in [-0.05, 0) is 19.3 Å². The third-order valence-electron chi connectivity index (χ3n) is 2.84. The van der Waals surface area contributed by atoms with Crippen LogP contribution in [0.15, 0.2) is 0 Å². The first-order valence-corrected chi connectivity index (χ1v) is 5.92. The summed E-state index contributed by atoms with van der Waals surface area (Å²) < 4.78 is 0. The van der Waals surface area contributed by atoms with Crippen LogP contribution in [0.3, 0.4) is 0 Å². The molecular formula is C9H18N2S. The lowest BCUT2D eigenvalue weighted by Gasteiger charge is -2.35. The van der Waals surface area contributed by atoms with Crippen LogP contribution in [0.25, 0.3) is 0 Å². The summed E-state index contributed by atoms with van der Waals surface area (Å²) in [5, 5.41) is 4.53. The van der Waals surface area contributed by atoms with Gasteiger partial charge in [-0.25, -0.2) is 0 Å². The van der Waals surface area contributed by atoms with Crippen LogP contribution in [-0.4, -0.2) is 29.1 Å². The fraction of sp³-hybridized carbons (Fsp3) is 1.00. The Morgan fingerprint density at radius 3 is 2.50 bits per heavy atom. The summed E-state index contributed by atoms with van der Waals surface area (Å²) in [4.78, 5) is 0. The number of hydrogen-bond acceptors (Lipinski definition) is 3. The molecule has 2 nitrogen and oxygen atoms in total. The summed E-state index contributed by atoms with van der Waals surface area (Å²) in [5.74, 6) is 1.30. The van der Waals surface area contributed by atoms with E-state index in [0.717, 1.165) is 17.3 Å². The Balaban J connectivity index is 1.67. The van der Waals surface area contributed by atoms with Crippen LogP contribution in [0.2, 0.25) is 0 Å². The van der Waals surface area contributed by atoms with Crippen molar-refractivity contribution in [2.24, 2.45) is 5.73 Å². The van der Waals surface area contributed by atoms with Crippen molar-refractivity contribution in [1.29, 1.82) is 0 Å². The number of nitrogens with one attached hydrogen (secondary N) is 1. The second-order valence-electron chi connectivity index (χ2n) is 4.17. The Bertz CT molecular complexity index is 157. The monoisotopic (exact) mass is 186 g/mol. The molecule has 0 aromatic carbocycles. The van der Waals surface area contributed by atoms with Crippen molar-refractivity contribution >= 4 is 11.8 Å². The molecule has 2 aliphatic rings. The molecule has 70 valence electrons. The molecular weight excluding hydrogens is 168 g/mol. The highest BCUT2D eigenvalue weighted by Crippen LogP contribution is 2.28. The van der Waals surface area contributed by atoms with Gasteiger partial charge in [0.05, 0.1) is 0 Å². The lowest BCUT2D eigenvalue weighted by Crippen LogP contribution is -2.51. The molecule has 2 unspecified atom stereocenters. The van der Waals surface area contributed by atoms with Gasteiger partial charge in [-0.3, -0.25) is 0 Å². The van der Waals surface area contributed by atoms with Crippen LogP contribution in [0.5, 0.6) is 0 Å². The van der Waals surface area contributed by atoms with E-state index in [1.54, 1.807) is 0 Å². The van der Waals surface area contributed by atoms with Gasteiger partial charge in [-0.1, -0.05) is 6.92 Å². The molecule has 2 rings (SSSR count). The summed E-state index contributed by atoms with van der Waals surface area (Å²) >= 11 is 2.09. The maximum Gasteiger partial charge on any atom is 0.0171 e. The van der Waals surface area contributed by atoms with E-state index in [1.165, 1.54) is 25.0 Å². The average Bonchev–Trinajstić information content (AvgIpc) is 2.33. The standard InChI is InChI=1S/C9H18N2S/c1-6-2-9(5-12-6)11-8-3-7(10)4-8/h6-9,11H,2-5,10H2,1H3. The molecule has 2 fully saturated rings. The Morgan fingerprint density at radius 2 is 2.00 bits per heavy atom. The summed E-state index contributed by atoms with van der Waals surface area (Å²) in [6.07, 6.45) is 3.72. The number of thioether (sulfide) groups is 1. The van der Waals surface area contributed by atoms with Crippen molar-refractivity contribution in [3.63, 3.8) is 0 Å². The van der Waals surface area contributed by atoms with Gasteiger partial charge < -0.3 is 11.1 Å². The highest BCUT2D eigenvalue weighted by Gasteiger charge is 2.30. The predicted octanol–water partition coefficient (Wildman–Crippen LogP) is 0.960. The third kappa shape index (κ3) is 1.95. The van der Waals surface area contributed by atoms with Crippen LogP contribution in [0.4, 0.5) is 0 Å². The Labute approximate surface area is 78.7 Å². The Hall–Kier alpha value is 0.270. The molecule has 1 heterocycles. The van der Waals surface area contributed by atoms with E-state index < -0.39 is 0 Å². The molecule has 0 spiro atoms. The lowest BCUT2D eigenvalue weighted by molar-refractivity contribution is 0.271. The first-order valence-electron chi connectivity index (χ1n) is 4.87. The van der Waals surface area contributed by atoms with Gasteiger partial charge in [0, 0.05) is 29.1 Å². The van der Waals surface area contributed by atoms with Crippen molar-refractivity contribution in [3.05, 3.63) is 0 Å². The SMILES string of the molecule is CC1CC(NC2CC(N)C2)CS1. The fourth-order valence-corrected chi connectivity index (χ4v) is 3.23. The molecule has 1 aliphatic carbocycles. The maximum absolute atomic E-state index is 5.73. The van der Waals surface area contributed by atoms with Crippen LogP contribution in [-0.2, 0) is 0 Å². The zero-order valence-electron chi connectivity index (χ0n) is 7.62. The lowest BCUT2D eigenvalue weighted by atomic mass is 9.87. The van der Waals surface area contributed by atoms with E-state index in [4.69, 9.17) is 5.73 Å². The zero-order valence-corrected chi connectivity index (χ0v) is 8.44. The van der Waals surface area contributed by atoms with Gasteiger partial charge in [0.15, 0.2) is 0 Å². The van der Waals surface area contributed by atoms with Crippen LogP contribution in [0.1, 0.15) is 26.2 Å². The molecule has 1 saturated heterocycles. The first kappa shape index (κ1) is 8.85. The van der Waals surface area contributed by atoms with E-state index in [0.29, 0.717) is 6.04 Å². The number of nitrogens with two attached hydrogens (primary N) is 1. The average molecular weight is 186 g/mol. The van der Waals surface area contributed by atoms with Gasteiger partial charge in [0.25, 0.3) is 0 Å². The van der Waals surface area contributed by atoms with E-state index >= 15 is 0 Å². The molecule has 12 heavy (non-hydrogen) atoms. The largest absolute Gasteiger partial charge is 0.328 e. The molecule has 1 aliphatic heterocycles. The molecule has 0 aromatic heterocycles. The first-order chi connectivity index (χ1) is 5.74. The fourth-order valence-electron chi connectivity index (χ4n) is 2.06. The van der Waals surface area contributed by atoms with Crippen molar-refractivity contribution < 1.29 is 0 Å². The van der Waals surface area contributed by atoms with Crippen LogP contribution >= 0.6 is 11.8 Å². The van der Waals surface area contributed by atoms with Gasteiger partial charge in [-0.15, -0.1) is 0 Å². The van der Waals surface area contributed by atoms with Gasteiger partial charge >= 0.3 is 0 Å². The van der Waals surface area contributed by atoms with Crippen molar-refractivity contribution in [2.45, 2.75) is 49.6 Å². The number of rotatable bonds is 2. The second kappa shape index (κ2) is 3.56. The Kier molecular flexibility index (Phi) is 2.63. The molecule has 0 amide bonds. The van der Waals surface area contributed by atoms with Crippen molar-refractivity contribution in [2.75, 3.05) is 5.75 Å². The van der Waals surface area contributed by atoms with Crippen LogP contribution in [0, 0.1) is 0 Å². The van der Waals surface area contributed by atoms with E-state index in [2.05, 4.69) is 24.0 Å². The Morgan fingerprint density at radius 1 is 1.25 bits per heavy atom. The minimum atomic E-state index is 0.481. The summed E-state index contributed by atoms with van der Waals surface area (Å²) in [6, 6.07) is 1.98. The minimum absolute atomic E-state index is 0.481. The van der Waals surface area contributed by atoms with E-state index in [-0.39, 0.29) is 0 Å². The maximum atomic E-state index is 5.73. The zero-order chi connectivity index (χ0) is 8.55. The summed E-state index contributed by atoms with van der Waals surface area (Å²) in [5.41, 5.74) is 5.73. The van der Waals surface area contributed by atoms with Gasteiger partial charge in [0.2, 0.25) is 0 Å². The minimum Gasteiger partial charge on any atom is -0.328 e. The quantitative estimate of drug-likeness (QED) is 0.674. The van der Waals surface area contributed by atoms with Crippen LogP contribution < -0.4 is 11.1 Å². The molecule has 1 saturated carbocycles. The normalized spacial score (nSPS) is 47.5. The van der Waals surface area contributed by atoms with E-state index in [1.807, 2.05) is 0 Å². The highest BCUT2D eigenvalue weighted by atomic mass is 32.2. The number of hydrogen-bond donors (Lipinski definition) is 2.